The summed E-state index contributed by atoms with van der Waals surface area (Å²) in [5, 5.41) is 8.37. The lowest BCUT2D eigenvalue weighted by Crippen LogP contribution is -2.30. The molecule has 5 aromatic carbocycles. The van der Waals surface area contributed by atoms with Crippen molar-refractivity contribution in [3.05, 3.63) is 166 Å². The molecule has 0 saturated carbocycles. The number of hydrogen-bond acceptors (Lipinski definition) is 4. The van der Waals surface area contributed by atoms with Gasteiger partial charge in [0.25, 0.3) is 11.8 Å². The van der Waals surface area contributed by atoms with E-state index in [1.54, 1.807) is 36.4 Å². The predicted octanol–water partition coefficient (Wildman–Crippen LogP) is 8.75. The van der Waals surface area contributed by atoms with Gasteiger partial charge >= 0.3 is 0 Å². The first-order valence-electron chi connectivity index (χ1n) is 15.5. The van der Waals surface area contributed by atoms with E-state index in [-0.39, 0.29) is 17.5 Å². The Labute approximate surface area is 280 Å². The molecule has 6 nitrogen and oxygen atoms in total. The van der Waals surface area contributed by atoms with Gasteiger partial charge in [-0.3, -0.25) is 14.4 Å². The van der Waals surface area contributed by atoms with Crippen molar-refractivity contribution in [2.75, 3.05) is 10.6 Å². The molecule has 0 aliphatic rings. The molecule has 0 aliphatic heterocycles. The van der Waals surface area contributed by atoms with Gasteiger partial charge in [0.05, 0.1) is 0 Å². The number of carbonyl (C=O) groups is 3. The molecule has 236 valence electrons. The van der Waals surface area contributed by atoms with Gasteiger partial charge in [-0.2, -0.15) is 0 Å². The lowest BCUT2D eigenvalue weighted by atomic mass is 10.1. The molecule has 0 bridgehead atoms. The molecule has 0 spiro atoms. The molecule has 0 heterocycles. The largest absolute Gasteiger partial charge is 0.324 e. The fraction of sp³-hybridized carbons (Fsp3) is 0.125. The van der Waals surface area contributed by atoms with Gasteiger partial charge in [-0.25, -0.2) is 0 Å². The zero-order valence-electron chi connectivity index (χ0n) is 26.6. The Morgan fingerprint density at radius 3 is 2.13 bits per heavy atom. The fourth-order valence-corrected chi connectivity index (χ4v) is 6.13. The molecule has 0 fully saturated rings. The van der Waals surface area contributed by atoms with Gasteiger partial charge in [-0.15, -0.1) is 11.8 Å². The summed E-state index contributed by atoms with van der Waals surface area (Å²) in [6.07, 6.45) is 2.45. The minimum atomic E-state index is -0.548. The van der Waals surface area contributed by atoms with Crippen LogP contribution >= 0.6 is 11.8 Å². The molecule has 7 heteroatoms. The number of para-hydroxylation sites is 1. The minimum Gasteiger partial charge on any atom is -0.324 e. The number of anilines is 2. The molecule has 3 amide bonds. The third-order valence-electron chi connectivity index (χ3n) is 7.59. The van der Waals surface area contributed by atoms with Crippen LogP contribution in [0.5, 0.6) is 0 Å². The molecule has 3 N–H and O–H groups in total. The van der Waals surface area contributed by atoms with Crippen LogP contribution in [0.4, 0.5) is 11.4 Å². The summed E-state index contributed by atoms with van der Waals surface area (Å²) in [6.45, 7) is 6.05. The summed E-state index contributed by atoms with van der Waals surface area (Å²) < 4.78 is 0. The molecule has 0 aliphatic carbocycles. The average molecular weight is 640 g/mol. The molecule has 47 heavy (non-hydrogen) atoms. The van der Waals surface area contributed by atoms with Gasteiger partial charge in [0.1, 0.15) is 10.9 Å². The number of aryl methyl sites for hydroxylation is 3. The van der Waals surface area contributed by atoms with E-state index in [0.717, 1.165) is 44.8 Å². The number of nitrogens with one attached hydrogen (secondary N) is 3. The second kappa shape index (κ2) is 15.7. The number of thioether (sulfide) groups is 1. The van der Waals surface area contributed by atoms with Crippen LogP contribution in [-0.2, 0) is 16.0 Å². The van der Waals surface area contributed by atoms with Gasteiger partial charge in [-0.1, -0.05) is 110 Å². The van der Waals surface area contributed by atoms with Crippen molar-refractivity contribution in [2.24, 2.45) is 0 Å². The van der Waals surface area contributed by atoms with Gasteiger partial charge in [0.15, 0.2) is 0 Å². The molecular formula is C40H37N3O3S. The minimum absolute atomic E-state index is 0.104. The Bertz CT molecular complexity index is 1890. The van der Waals surface area contributed by atoms with Crippen LogP contribution in [0, 0.1) is 13.8 Å². The molecule has 0 saturated heterocycles. The first kappa shape index (κ1) is 33.0. The maximum absolute atomic E-state index is 13.9. The highest BCUT2D eigenvalue weighted by molar-refractivity contribution is 8.00. The van der Waals surface area contributed by atoms with Crippen LogP contribution in [0.1, 0.15) is 50.3 Å². The quantitative estimate of drug-likeness (QED) is 0.0996. The highest BCUT2D eigenvalue weighted by atomic mass is 32.2. The van der Waals surface area contributed by atoms with E-state index < -0.39 is 11.2 Å². The van der Waals surface area contributed by atoms with E-state index in [0.29, 0.717) is 11.3 Å². The van der Waals surface area contributed by atoms with Crippen molar-refractivity contribution in [2.45, 2.75) is 37.3 Å². The Balaban J connectivity index is 1.39. The molecule has 5 aromatic rings. The van der Waals surface area contributed by atoms with E-state index in [2.05, 4.69) is 22.9 Å². The molecule has 0 radical (unpaired) electrons. The standard InChI is InChI=1S/C40H37N3O3S/c1-4-30-18-11-13-28(3)36(30)43-40(46)37(31-14-7-5-8-15-31)47-34-20-12-19-33(26-34)41-39(45)35(25-29-23-21-27(2)22-24-29)42-38(44)32-16-9-6-10-17-32/h5-26,37H,4H2,1-3H3,(H,41,45)(H,42,44)(H,43,46)/b35-25+. The Morgan fingerprint density at radius 1 is 0.745 bits per heavy atom. The van der Waals surface area contributed by atoms with Gasteiger partial charge in [0.2, 0.25) is 5.91 Å². The maximum atomic E-state index is 13.9. The van der Waals surface area contributed by atoms with E-state index >= 15 is 0 Å². The van der Waals surface area contributed by atoms with Crippen LogP contribution in [0.2, 0.25) is 0 Å². The average Bonchev–Trinajstić information content (AvgIpc) is 3.09. The molecular weight excluding hydrogens is 603 g/mol. The first-order valence-corrected chi connectivity index (χ1v) is 16.4. The Morgan fingerprint density at radius 2 is 1.43 bits per heavy atom. The van der Waals surface area contributed by atoms with Crippen LogP contribution in [0.15, 0.2) is 138 Å². The van der Waals surface area contributed by atoms with Crippen LogP contribution in [0.3, 0.4) is 0 Å². The third kappa shape index (κ3) is 8.87. The highest BCUT2D eigenvalue weighted by Gasteiger charge is 2.24. The number of hydrogen-bond donors (Lipinski definition) is 3. The second-order valence-electron chi connectivity index (χ2n) is 11.1. The number of benzene rings is 5. The predicted molar refractivity (Wildman–Crippen MR) is 192 cm³/mol. The number of amides is 3. The highest BCUT2D eigenvalue weighted by Crippen LogP contribution is 2.38. The van der Waals surface area contributed by atoms with E-state index in [1.165, 1.54) is 11.8 Å². The number of carbonyl (C=O) groups excluding carboxylic acids is 3. The monoisotopic (exact) mass is 639 g/mol. The van der Waals surface area contributed by atoms with Crippen molar-refractivity contribution >= 4 is 46.9 Å². The van der Waals surface area contributed by atoms with Crippen LogP contribution in [-0.4, -0.2) is 17.7 Å². The Hall–Kier alpha value is -5.40. The smallest absolute Gasteiger partial charge is 0.272 e. The fourth-order valence-electron chi connectivity index (χ4n) is 5.04. The van der Waals surface area contributed by atoms with Crippen LogP contribution < -0.4 is 16.0 Å². The molecule has 1 atom stereocenters. The van der Waals surface area contributed by atoms with Crippen LogP contribution in [0.25, 0.3) is 6.08 Å². The molecule has 5 rings (SSSR count). The zero-order chi connectivity index (χ0) is 33.2. The lowest BCUT2D eigenvalue weighted by molar-refractivity contribution is -0.116. The van der Waals surface area contributed by atoms with Gasteiger partial charge in [-0.05, 0) is 78.9 Å². The van der Waals surface area contributed by atoms with E-state index in [1.807, 2.05) is 111 Å². The number of rotatable bonds is 11. The topological polar surface area (TPSA) is 87.3 Å². The molecule has 1 unspecified atom stereocenters. The third-order valence-corrected chi connectivity index (χ3v) is 8.84. The van der Waals surface area contributed by atoms with Crippen molar-refractivity contribution in [1.82, 2.24) is 5.32 Å². The lowest BCUT2D eigenvalue weighted by Gasteiger charge is -2.20. The summed E-state index contributed by atoms with van der Waals surface area (Å²) in [7, 11) is 0. The van der Waals surface area contributed by atoms with E-state index in [9.17, 15) is 14.4 Å². The van der Waals surface area contributed by atoms with E-state index in [4.69, 9.17) is 0 Å². The summed E-state index contributed by atoms with van der Waals surface area (Å²) in [5.41, 5.74) is 6.72. The maximum Gasteiger partial charge on any atom is 0.272 e. The summed E-state index contributed by atoms with van der Waals surface area (Å²) >= 11 is 1.40. The summed E-state index contributed by atoms with van der Waals surface area (Å²) in [6, 6.07) is 39.5. The summed E-state index contributed by atoms with van der Waals surface area (Å²) in [5.74, 6) is -0.993. The zero-order valence-corrected chi connectivity index (χ0v) is 27.4. The van der Waals surface area contributed by atoms with Crippen molar-refractivity contribution in [3.63, 3.8) is 0 Å². The van der Waals surface area contributed by atoms with Gasteiger partial charge in [0, 0.05) is 21.8 Å². The Kier molecular flexibility index (Phi) is 11.0. The normalized spacial score (nSPS) is 11.8. The van der Waals surface area contributed by atoms with Gasteiger partial charge < -0.3 is 16.0 Å². The van der Waals surface area contributed by atoms with Crippen molar-refractivity contribution < 1.29 is 14.4 Å². The molecule has 0 aromatic heterocycles. The summed E-state index contributed by atoms with van der Waals surface area (Å²) in [4.78, 5) is 41.3. The van der Waals surface area contributed by atoms with Crippen molar-refractivity contribution in [1.29, 1.82) is 0 Å². The van der Waals surface area contributed by atoms with Crippen molar-refractivity contribution in [3.8, 4) is 0 Å². The first-order chi connectivity index (χ1) is 22.8. The second-order valence-corrected chi connectivity index (χ2v) is 12.3. The SMILES string of the molecule is CCc1cccc(C)c1NC(=O)C(Sc1cccc(NC(=O)/C(=C\c2ccc(C)cc2)NC(=O)c2ccccc2)c1)c1ccccc1.